The van der Waals surface area contributed by atoms with Crippen LogP contribution in [-0.2, 0) is 11.2 Å². The molecule has 0 heterocycles. The maximum absolute atomic E-state index is 11.4. The first-order valence-electron chi connectivity index (χ1n) is 6.57. The minimum Gasteiger partial charge on any atom is -0.478 e. The molecule has 2 rings (SSSR count). The number of benzene rings is 2. The summed E-state index contributed by atoms with van der Waals surface area (Å²) in [7, 11) is 0. The van der Waals surface area contributed by atoms with E-state index in [-0.39, 0.29) is 0 Å². The predicted octanol–water partition coefficient (Wildman–Crippen LogP) is 3.38. The quantitative estimate of drug-likeness (QED) is 0.906. The lowest BCUT2D eigenvalue weighted by Gasteiger charge is -2.16. The van der Waals surface area contributed by atoms with E-state index in [0.717, 1.165) is 16.7 Å². The number of carboxylic acid groups (broad SMARTS) is 1. The van der Waals surface area contributed by atoms with Crippen LogP contribution >= 0.6 is 0 Å². The zero-order chi connectivity index (χ0) is 14.5. The number of rotatable bonds is 5. The third-order valence-corrected chi connectivity index (χ3v) is 3.21. The normalized spacial score (nSPS) is 11.9. The Hall–Kier alpha value is -2.29. The van der Waals surface area contributed by atoms with Crippen LogP contribution in [0.1, 0.15) is 16.7 Å². The highest BCUT2D eigenvalue weighted by molar-refractivity contribution is 5.73. The van der Waals surface area contributed by atoms with Crippen LogP contribution in [0.15, 0.2) is 48.5 Å². The van der Waals surface area contributed by atoms with Gasteiger partial charge in [-0.05, 0) is 37.1 Å². The van der Waals surface area contributed by atoms with Crippen molar-refractivity contribution in [3.63, 3.8) is 0 Å². The van der Waals surface area contributed by atoms with Gasteiger partial charge in [0.15, 0.2) is 6.10 Å². The number of ether oxygens (including phenoxy) is 1. The molecule has 3 nitrogen and oxygen atoms in total. The maximum Gasteiger partial charge on any atom is 0.345 e. The van der Waals surface area contributed by atoms with E-state index in [2.05, 4.69) is 0 Å². The molecule has 3 heteroatoms. The second kappa shape index (κ2) is 6.24. The van der Waals surface area contributed by atoms with Crippen molar-refractivity contribution in [2.75, 3.05) is 0 Å². The molecule has 0 spiro atoms. The van der Waals surface area contributed by atoms with Gasteiger partial charge in [-0.15, -0.1) is 0 Å². The number of carboxylic acids is 1. The molecule has 0 aliphatic rings. The molecular weight excluding hydrogens is 252 g/mol. The molecule has 0 aromatic heterocycles. The Balaban J connectivity index is 2.18. The highest BCUT2D eigenvalue weighted by Crippen LogP contribution is 2.17. The van der Waals surface area contributed by atoms with Crippen molar-refractivity contribution < 1.29 is 14.6 Å². The topological polar surface area (TPSA) is 46.5 Å². The molecule has 2 aromatic rings. The number of aliphatic carboxylic acids is 1. The minimum absolute atomic E-state index is 0.359. The van der Waals surface area contributed by atoms with Crippen LogP contribution in [0.5, 0.6) is 5.75 Å². The highest BCUT2D eigenvalue weighted by atomic mass is 16.5. The minimum atomic E-state index is -0.949. The summed E-state index contributed by atoms with van der Waals surface area (Å²) in [6.07, 6.45) is -0.518. The van der Waals surface area contributed by atoms with E-state index in [1.807, 2.05) is 50.2 Å². The van der Waals surface area contributed by atoms with Gasteiger partial charge in [0.1, 0.15) is 5.75 Å². The third kappa shape index (κ3) is 3.60. The Labute approximate surface area is 118 Å². The van der Waals surface area contributed by atoms with Crippen LogP contribution in [0.3, 0.4) is 0 Å². The van der Waals surface area contributed by atoms with Gasteiger partial charge in [-0.3, -0.25) is 0 Å². The Morgan fingerprint density at radius 3 is 2.50 bits per heavy atom. The Morgan fingerprint density at radius 2 is 1.85 bits per heavy atom. The summed E-state index contributed by atoms with van der Waals surface area (Å²) in [5, 5.41) is 9.33. The fraction of sp³-hybridized carbons (Fsp3) is 0.235. The summed E-state index contributed by atoms with van der Waals surface area (Å²) in [6.45, 7) is 3.98. The molecule has 104 valence electrons. The SMILES string of the molecule is Cc1ccc(C)c(C[C@H](Oc2ccccc2)C(=O)O)c1. The van der Waals surface area contributed by atoms with Gasteiger partial charge in [-0.2, -0.15) is 0 Å². The zero-order valence-electron chi connectivity index (χ0n) is 11.7. The summed E-state index contributed by atoms with van der Waals surface area (Å²) >= 11 is 0. The van der Waals surface area contributed by atoms with Crippen LogP contribution < -0.4 is 4.74 Å². The highest BCUT2D eigenvalue weighted by Gasteiger charge is 2.20. The van der Waals surface area contributed by atoms with Gasteiger partial charge >= 0.3 is 5.97 Å². The summed E-state index contributed by atoms with van der Waals surface area (Å²) in [5.74, 6) is -0.375. The average molecular weight is 270 g/mol. The molecule has 20 heavy (non-hydrogen) atoms. The van der Waals surface area contributed by atoms with Crippen molar-refractivity contribution in [1.29, 1.82) is 0 Å². The molecule has 0 aliphatic heterocycles. The standard InChI is InChI=1S/C17H18O3/c1-12-8-9-13(2)14(10-12)11-16(17(18)19)20-15-6-4-3-5-7-15/h3-10,16H,11H2,1-2H3,(H,18,19)/t16-/m0/s1. The van der Waals surface area contributed by atoms with E-state index in [4.69, 9.17) is 4.74 Å². The van der Waals surface area contributed by atoms with E-state index >= 15 is 0 Å². The number of hydrogen-bond acceptors (Lipinski definition) is 2. The molecule has 0 aliphatic carbocycles. The third-order valence-electron chi connectivity index (χ3n) is 3.21. The first-order valence-corrected chi connectivity index (χ1v) is 6.57. The number of carbonyl (C=O) groups is 1. The van der Waals surface area contributed by atoms with Gasteiger partial charge in [0.25, 0.3) is 0 Å². The lowest BCUT2D eigenvalue weighted by atomic mass is 10.00. The van der Waals surface area contributed by atoms with Crippen molar-refractivity contribution in [1.82, 2.24) is 0 Å². The molecule has 2 aromatic carbocycles. The van der Waals surface area contributed by atoms with Crippen LogP contribution in [-0.4, -0.2) is 17.2 Å². The number of para-hydroxylation sites is 1. The molecule has 0 radical (unpaired) electrons. The van der Waals surface area contributed by atoms with Crippen LogP contribution in [0.4, 0.5) is 0 Å². The van der Waals surface area contributed by atoms with Crippen molar-refractivity contribution in [3.8, 4) is 5.75 Å². The van der Waals surface area contributed by atoms with Gasteiger partial charge < -0.3 is 9.84 Å². The first-order chi connectivity index (χ1) is 9.56. The second-order valence-electron chi connectivity index (χ2n) is 4.89. The fourth-order valence-electron chi connectivity index (χ4n) is 2.06. The van der Waals surface area contributed by atoms with E-state index < -0.39 is 12.1 Å². The smallest absolute Gasteiger partial charge is 0.345 e. The van der Waals surface area contributed by atoms with Gasteiger partial charge in [0.05, 0.1) is 0 Å². The molecular formula is C17H18O3. The van der Waals surface area contributed by atoms with E-state index in [1.165, 1.54) is 0 Å². The Morgan fingerprint density at radius 1 is 1.15 bits per heavy atom. The number of hydrogen-bond donors (Lipinski definition) is 1. The molecule has 0 saturated carbocycles. The molecule has 0 saturated heterocycles. The van der Waals surface area contributed by atoms with Crippen LogP contribution in [0.2, 0.25) is 0 Å². The Bertz CT molecular complexity index is 590. The zero-order valence-corrected chi connectivity index (χ0v) is 11.7. The van der Waals surface area contributed by atoms with Crippen molar-refractivity contribution >= 4 is 5.97 Å². The first kappa shape index (κ1) is 14.1. The van der Waals surface area contributed by atoms with E-state index in [0.29, 0.717) is 12.2 Å². The van der Waals surface area contributed by atoms with Crippen LogP contribution in [0, 0.1) is 13.8 Å². The maximum atomic E-state index is 11.4. The molecule has 0 bridgehead atoms. The van der Waals surface area contributed by atoms with Gasteiger partial charge in [0, 0.05) is 6.42 Å². The lowest BCUT2D eigenvalue weighted by Crippen LogP contribution is -2.29. The summed E-state index contributed by atoms with van der Waals surface area (Å²) in [5.41, 5.74) is 3.21. The van der Waals surface area contributed by atoms with E-state index in [1.54, 1.807) is 12.1 Å². The second-order valence-corrected chi connectivity index (χ2v) is 4.89. The summed E-state index contributed by atoms with van der Waals surface area (Å²) in [6, 6.07) is 15.1. The largest absolute Gasteiger partial charge is 0.478 e. The summed E-state index contributed by atoms with van der Waals surface area (Å²) < 4.78 is 5.58. The molecule has 0 amide bonds. The molecule has 1 N–H and O–H groups in total. The lowest BCUT2D eigenvalue weighted by molar-refractivity contribution is -0.145. The average Bonchev–Trinajstić information content (AvgIpc) is 2.43. The van der Waals surface area contributed by atoms with Crippen molar-refractivity contribution in [2.45, 2.75) is 26.4 Å². The van der Waals surface area contributed by atoms with Gasteiger partial charge in [0.2, 0.25) is 0 Å². The van der Waals surface area contributed by atoms with E-state index in [9.17, 15) is 9.90 Å². The van der Waals surface area contributed by atoms with Gasteiger partial charge in [-0.1, -0.05) is 42.0 Å². The molecule has 0 unspecified atom stereocenters. The Kier molecular flexibility index (Phi) is 4.41. The number of aryl methyl sites for hydroxylation is 2. The van der Waals surface area contributed by atoms with Crippen molar-refractivity contribution in [2.24, 2.45) is 0 Å². The molecule has 1 atom stereocenters. The van der Waals surface area contributed by atoms with Crippen LogP contribution in [0.25, 0.3) is 0 Å². The van der Waals surface area contributed by atoms with Gasteiger partial charge in [-0.25, -0.2) is 4.79 Å². The predicted molar refractivity (Wildman–Crippen MR) is 78.1 cm³/mol. The summed E-state index contributed by atoms with van der Waals surface area (Å²) in [4.78, 5) is 11.4. The fourth-order valence-corrected chi connectivity index (χ4v) is 2.06. The van der Waals surface area contributed by atoms with Crippen molar-refractivity contribution in [3.05, 3.63) is 65.2 Å². The monoisotopic (exact) mass is 270 g/mol. The molecule has 0 fully saturated rings.